The number of anilines is 2. The van der Waals surface area contributed by atoms with E-state index in [4.69, 9.17) is 5.73 Å². The molecule has 0 atom stereocenters. The van der Waals surface area contributed by atoms with Crippen LogP contribution in [0.4, 0.5) is 11.4 Å². The summed E-state index contributed by atoms with van der Waals surface area (Å²) < 4.78 is 0. The normalized spacial score (nSPS) is 13.8. The summed E-state index contributed by atoms with van der Waals surface area (Å²) in [6, 6.07) is 16.0. The molecule has 0 aromatic heterocycles. The molecule has 3 rings (SSSR count). The maximum atomic E-state index is 12.5. The number of aryl methyl sites for hydroxylation is 2. The van der Waals surface area contributed by atoms with Crippen molar-refractivity contribution in [1.82, 2.24) is 0 Å². The molecule has 1 aliphatic heterocycles. The Morgan fingerprint density at radius 2 is 1.86 bits per heavy atom. The minimum Gasteiger partial charge on any atom is -0.399 e. The highest BCUT2D eigenvalue weighted by Crippen LogP contribution is 2.27. The van der Waals surface area contributed by atoms with Crippen molar-refractivity contribution in [2.24, 2.45) is 0 Å². The Kier molecular flexibility index (Phi) is 3.91. The smallest absolute Gasteiger partial charge is 0.227 e. The first kappa shape index (κ1) is 13.7. The molecular formula is C18H20N2O. The minimum absolute atomic E-state index is 0.186. The van der Waals surface area contributed by atoms with Gasteiger partial charge in [-0.2, -0.15) is 0 Å². The number of benzene rings is 2. The number of nitrogens with zero attached hydrogens (tertiary/aromatic N) is 1. The Morgan fingerprint density at radius 1 is 1.10 bits per heavy atom. The van der Waals surface area contributed by atoms with E-state index in [0.29, 0.717) is 12.8 Å². The lowest BCUT2D eigenvalue weighted by atomic mass is 10.0. The van der Waals surface area contributed by atoms with Gasteiger partial charge in [0.05, 0.1) is 0 Å². The average Bonchev–Trinajstić information content (AvgIpc) is 2.53. The van der Waals surface area contributed by atoms with Gasteiger partial charge in [0.25, 0.3) is 0 Å². The lowest BCUT2D eigenvalue weighted by Crippen LogP contribution is -2.35. The number of carbonyl (C=O) groups excluding carboxylic acids is 1. The fourth-order valence-electron chi connectivity index (χ4n) is 2.93. The third-order valence-electron chi connectivity index (χ3n) is 4.07. The predicted molar refractivity (Wildman–Crippen MR) is 86.3 cm³/mol. The van der Waals surface area contributed by atoms with E-state index in [1.54, 1.807) is 0 Å². The van der Waals surface area contributed by atoms with E-state index in [1.807, 2.05) is 47.4 Å². The van der Waals surface area contributed by atoms with Crippen LogP contribution in [-0.2, 0) is 17.6 Å². The molecule has 0 radical (unpaired) electrons. The number of para-hydroxylation sites is 2. The average molecular weight is 280 g/mol. The molecule has 1 heterocycles. The summed E-state index contributed by atoms with van der Waals surface area (Å²) >= 11 is 0. The molecule has 0 saturated carbocycles. The number of carbonyl (C=O) groups is 1. The molecule has 0 spiro atoms. The van der Waals surface area contributed by atoms with E-state index in [1.165, 1.54) is 5.56 Å². The molecule has 108 valence electrons. The van der Waals surface area contributed by atoms with Crippen LogP contribution in [0.5, 0.6) is 0 Å². The largest absolute Gasteiger partial charge is 0.399 e. The second-order valence-electron chi connectivity index (χ2n) is 5.48. The molecule has 0 saturated heterocycles. The molecule has 1 aliphatic rings. The van der Waals surface area contributed by atoms with Gasteiger partial charge in [-0.1, -0.05) is 36.4 Å². The fraction of sp³-hybridized carbons (Fsp3) is 0.278. The SMILES string of the molecule is Nc1ccccc1CCC(=O)N1CCCc2ccccc21. The number of nitrogen functional groups attached to an aromatic ring is 1. The van der Waals surface area contributed by atoms with Gasteiger partial charge in [-0.25, -0.2) is 0 Å². The van der Waals surface area contributed by atoms with E-state index >= 15 is 0 Å². The van der Waals surface area contributed by atoms with Crippen molar-refractivity contribution in [1.29, 1.82) is 0 Å². The van der Waals surface area contributed by atoms with Crippen LogP contribution >= 0.6 is 0 Å². The molecule has 1 amide bonds. The van der Waals surface area contributed by atoms with Crippen molar-refractivity contribution in [2.75, 3.05) is 17.2 Å². The molecule has 0 aliphatic carbocycles. The first-order valence-electron chi connectivity index (χ1n) is 7.47. The molecule has 3 heteroatoms. The fourth-order valence-corrected chi connectivity index (χ4v) is 2.93. The summed E-state index contributed by atoms with van der Waals surface area (Å²) in [6.45, 7) is 0.820. The number of hydrogen-bond donors (Lipinski definition) is 1. The van der Waals surface area contributed by atoms with Crippen LogP contribution < -0.4 is 10.6 Å². The summed E-state index contributed by atoms with van der Waals surface area (Å²) in [5.74, 6) is 0.186. The molecule has 0 unspecified atom stereocenters. The predicted octanol–water partition coefficient (Wildman–Crippen LogP) is 3.18. The van der Waals surface area contributed by atoms with Crippen molar-refractivity contribution >= 4 is 17.3 Å². The van der Waals surface area contributed by atoms with Crippen LogP contribution in [0.2, 0.25) is 0 Å². The van der Waals surface area contributed by atoms with Crippen LogP contribution in [-0.4, -0.2) is 12.5 Å². The van der Waals surface area contributed by atoms with Gasteiger partial charge >= 0.3 is 0 Å². The molecule has 2 aromatic rings. The number of rotatable bonds is 3. The van der Waals surface area contributed by atoms with Crippen molar-refractivity contribution < 1.29 is 4.79 Å². The summed E-state index contributed by atoms with van der Waals surface area (Å²) in [4.78, 5) is 14.5. The number of fused-ring (bicyclic) bond motifs is 1. The van der Waals surface area contributed by atoms with Gasteiger partial charge in [0.1, 0.15) is 0 Å². The van der Waals surface area contributed by atoms with Crippen molar-refractivity contribution in [2.45, 2.75) is 25.7 Å². The lowest BCUT2D eigenvalue weighted by Gasteiger charge is -2.29. The maximum Gasteiger partial charge on any atom is 0.227 e. The van der Waals surface area contributed by atoms with Gasteiger partial charge in [-0.05, 0) is 42.5 Å². The van der Waals surface area contributed by atoms with Gasteiger partial charge in [0.2, 0.25) is 5.91 Å². The van der Waals surface area contributed by atoms with Crippen LogP contribution in [0.15, 0.2) is 48.5 Å². The zero-order valence-electron chi connectivity index (χ0n) is 12.1. The summed E-state index contributed by atoms with van der Waals surface area (Å²) in [7, 11) is 0. The number of nitrogens with two attached hydrogens (primary N) is 1. The van der Waals surface area contributed by atoms with Gasteiger partial charge in [-0.3, -0.25) is 4.79 Å². The quantitative estimate of drug-likeness (QED) is 0.878. The molecule has 2 aromatic carbocycles. The zero-order valence-corrected chi connectivity index (χ0v) is 12.1. The summed E-state index contributed by atoms with van der Waals surface area (Å²) in [6.07, 6.45) is 3.30. The zero-order chi connectivity index (χ0) is 14.7. The van der Waals surface area contributed by atoms with Crippen molar-refractivity contribution in [3.63, 3.8) is 0 Å². The molecule has 0 bridgehead atoms. The lowest BCUT2D eigenvalue weighted by molar-refractivity contribution is -0.118. The monoisotopic (exact) mass is 280 g/mol. The van der Waals surface area contributed by atoms with Gasteiger partial charge in [-0.15, -0.1) is 0 Å². The molecule has 0 fully saturated rings. The Bertz CT molecular complexity index is 651. The van der Waals surface area contributed by atoms with E-state index in [2.05, 4.69) is 6.07 Å². The standard InChI is InChI=1S/C18H20N2O/c19-16-9-3-1-6-14(16)11-12-18(21)20-13-5-8-15-7-2-4-10-17(15)20/h1-4,6-7,9-10H,5,8,11-13,19H2. The van der Waals surface area contributed by atoms with E-state index < -0.39 is 0 Å². The van der Waals surface area contributed by atoms with E-state index in [-0.39, 0.29) is 5.91 Å². The first-order chi connectivity index (χ1) is 10.3. The van der Waals surface area contributed by atoms with E-state index in [9.17, 15) is 4.79 Å². The molecule has 3 nitrogen and oxygen atoms in total. The summed E-state index contributed by atoms with van der Waals surface area (Å²) in [5, 5.41) is 0. The molecular weight excluding hydrogens is 260 g/mol. The van der Waals surface area contributed by atoms with Gasteiger partial charge in [0, 0.05) is 24.3 Å². The Morgan fingerprint density at radius 3 is 2.71 bits per heavy atom. The van der Waals surface area contributed by atoms with Crippen LogP contribution in [0.1, 0.15) is 24.0 Å². The highest BCUT2D eigenvalue weighted by Gasteiger charge is 2.21. The Hall–Kier alpha value is -2.29. The highest BCUT2D eigenvalue weighted by atomic mass is 16.2. The van der Waals surface area contributed by atoms with E-state index in [0.717, 1.165) is 36.3 Å². The van der Waals surface area contributed by atoms with Gasteiger partial charge < -0.3 is 10.6 Å². The summed E-state index contributed by atoms with van der Waals surface area (Å²) in [5.41, 5.74) is 10.1. The van der Waals surface area contributed by atoms with Crippen molar-refractivity contribution in [3.05, 3.63) is 59.7 Å². The van der Waals surface area contributed by atoms with Gasteiger partial charge in [0.15, 0.2) is 0 Å². The maximum absolute atomic E-state index is 12.5. The third-order valence-corrected chi connectivity index (χ3v) is 4.07. The Balaban J connectivity index is 1.71. The second kappa shape index (κ2) is 6.00. The van der Waals surface area contributed by atoms with Crippen LogP contribution in [0.3, 0.4) is 0 Å². The third kappa shape index (κ3) is 2.92. The topological polar surface area (TPSA) is 46.3 Å². The number of amides is 1. The Labute approximate surface area is 125 Å². The van der Waals surface area contributed by atoms with Crippen LogP contribution in [0, 0.1) is 0 Å². The first-order valence-corrected chi connectivity index (χ1v) is 7.47. The molecule has 2 N–H and O–H groups in total. The minimum atomic E-state index is 0.186. The molecule has 21 heavy (non-hydrogen) atoms. The second-order valence-corrected chi connectivity index (χ2v) is 5.48. The van der Waals surface area contributed by atoms with Crippen LogP contribution in [0.25, 0.3) is 0 Å². The number of hydrogen-bond acceptors (Lipinski definition) is 2. The van der Waals surface area contributed by atoms with Crippen molar-refractivity contribution in [3.8, 4) is 0 Å². The highest BCUT2D eigenvalue weighted by molar-refractivity contribution is 5.94.